The maximum absolute atomic E-state index is 12.3. The molecule has 0 atom stereocenters. The number of anilines is 1. The molecule has 2 aromatic rings. The van der Waals surface area contributed by atoms with Crippen molar-refractivity contribution in [3.05, 3.63) is 27.4 Å². The van der Waals surface area contributed by atoms with Crippen molar-refractivity contribution in [3.63, 3.8) is 0 Å². The van der Waals surface area contributed by atoms with E-state index in [9.17, 15) is 8.42 Å². The highest BCUT2D eigenvalue weighted by Crippen LogP contribution is 2.28. The van der Waals surface area contributed by atoms with Crippen LogP contribution in [0.15, 0.2) is 21.7 Å². The normalized spacial score (nSPS) is 12.6. The standard InChI is InChI=1S/C13H19N3O2S3/c1-13(2,3)11-8-20-12(15-11)16-21(17,18)10-5-9(6-14-4)19-7-10/h5,7-8,14H,6H2,1-4H3,(H,15,16). The Morgan fingerprint density at radius 3 is 2.52 bits per heavy atom. The van der Waals surface area contributed by atoms with Gasteiger partial charge in [-0.05, 0) is 13.1 Å². The van der Waals surface area contributed by atoms with Crippen LogP contribution in [-0.2, 0) is 22.0 Å². The van der Waals surface area contributed by atoms with E-state index in [1.54, 1.807) is 11.4 Å². The average molecular weight is 346 g/mol. The Labute approximate surface area is 133 Å². The molecule has 0 aliphatic carbocycles. The zero-order valence-electron chi connectivity index (χ0n) is 12.4. The lowest BCUT2D eigenvalue weighted by Crippen LogP contribution is -2.14. The topological polar surface area (TPSA) is 71.1 Å². The molecule has 0 spiro atoms. The van der Waals surface area contributed by atoms with Gasteiger partial charge in [-0.1, -0.05) is 20.8 Å². The van der Waals surface area contributed by atoms with Crippen LogP contribution in [0.25, 0.3) is 0 Å². The molecule has 0 aliphatic heterocycles. The van der Waals surface area contributed by atoms with Crippen LogP contribution in [0.2, 0.25) is 0 Å². The predicted molar refractivity (Wildman–Crippen MR) is 88.7 cm³/mol. The van der Waals surface area contributed by atoms with Crippen molar-refractivity contribution in [2.24, 2.45) is 0 Å². The summed E-state index contributed by atoms with van der Waals surface area (Å²) in [5.74, 6) is 0. The average Bonchev–Trinajstić information content (AvgIpc) is 2.97. The smallest absolute Gasteiger partial charge is 0.264 e. The summed E-state index contributed by atoms with van der Waals surface area (Å²) < 4.78 is 27.2. The van der Waals surface area contributed by atoms with Crippen molar-refractivity contribution in [3.8, 4) is 0 Å². The molecule has 0 saturated heterocycles. The summed E-state index contributed by atoms with van der Waals surface area (Å²) in [6.07, 6.45) is 0. The summed E-state index contributed by atoms with van der Waals surface area (Å²) in [6.45, 7) is 6.79. The molecule has 8 heteroatoms. The van der Waals surface area contributed by atoms with Gasteiger partial charge in [0, 0.05) is 27.6 Å². The lowest BCUT2D eigenvalue weighted by Gasteiger charge is -2.14. The zero-order valence-corrected chi connectivity index (χ0v) is 14.9. The molecule has 5 nitrogen and oxygen atoms in total. The molecular formula is C13H19N3O2S3. The Balaban J connectivity index is 2.18. The van der Waals surface area contributed by atoms with Gasteiger partial charge in [0.05, 0.1) is 10.6 Å². The summed E-state index contributed by atoms with van der Waals surface area (Å²) in [5.41, 5.74) is 0.786. The van der Waals surface area contributed by atoms with E-state index in [4.69, 9.17) is 0 Å². The van der Waals surface area contributed by atoms with Crippen LogP contribution in [0.4, 0.5) is 5.13 Å². The number of hydrogen-bond donors (Lipinski definition) is 2. The van der Waals surface area contributed by atoms with Crippen LogP contribution in [0, 0.1) is 0 Å². The van der Waals surface area contributed by atoms with Gasteiger partial charge in [0.15, 0.2) is 5.13 Å². The largest absolute Gasteiger partial charge is 0.315 e. The van der Waals surface area contributed by atoms with E-state index >= 15 is 0 Å². The Morgan fingerprint density at radius 2 is 1.95 bits per heavy atom. The molecule has 21 heavy (non-hydrogen) atoms. The summed E-state index contributed by atoms with van der Waals surface area (Å²) >= 11 is 2.73. The maximum atomic E-state index is 12.3. The fraction of sp³-hybridized carbons (Fsp3) is 0.462. The second-order valence-electron chi connectivity index (χ2n) is 5.67. The molecule has 0 radical (unpaired) electrons. The number of thiazole rings is 1. The van der Waals surface area contributed by atoms with Gasteiger partial charge in [-0.15, -0.1) is 22.7 Å². The first-order valence-electron chi connectivity index (χ1n) is 6.43. The molecule has 0 amide bonds. The van der Waals surface area contributed by atoms with Crippen LogP contribution in [0.3, 0.4) is 0 Å². The van der Waals surface area contributed by atoms with Crippen molar-refractivity contribution >= 4 is 37.8 Å². The summed E-state index contributed by atoms with van der Waals surface area (Å²) in [7, 11) is -1.73. The van der Waals surface area contributed by atoms with Crippen molar-refractivity contribution in [1.29, 1.82) is 0 Å². The molecule has 0 aromatic carbocycles. The fourth-order valence-electron chi connectivity index (χ4n) is 1.61. The highest BCUT2D eigenvalue weighted by molar-refractivity contribution is 7.93. The SMILES string of the molecule is CNCc1cc(S(=O)(=O)Nc2nc(C(C)(C)C)cs2)cs1. The third-order valence-corrected chi connectivity index (χ3v) is 6.08. The van der Waals surface area contributed by atoms with E-state index in [1.165, 1.54) is 22.7 Å². The number of nitrogens with zero attached hydrogens (tertiary/aromatic N) is 1. The number of nitrogens with one attached hydrogen (secondary N) is 2. The Kier molecular flexibility index (Phi) is 4.72. The molecule has 0 saturated carbocycles. The summed E-state index contributed by atoms with van der Waals surface area (Å²) in [4.78, 5) is 5.62. The van der Waals surface area contributed by atoms with Crippen LogP contribution in [-0.4, -0.2) is 20.4 Å². The predicted octanol–water partition coefficient (Wildman–Crippen LogP) is 3.02. The van der Waals surface area contributed by atoms with Crippen LogP contribution >= 0.6 is 22.7 Å². The quantitative estimate of drug-likeness (QED) is 0.874. The second kappa shape index (κ2) is 6.04. The first kappa shape index (κ1) is 16.4. The molecule has 2 rings (SSSR count). The van der Waals surface area contributed by atoms with Gasteiger partial charge >= 0.3 is 0 Å². The Hall–Kier alpha value is -0.960. The summed E-state index contributed by atoms with van der Waals surface area (Å²) in [5, 5.41) is 6.94. The van der Waals surface area contributed by atoms with E-state index in [2.05, 4.69) is 15.0 Å². The van der Waals surface area contributed by atoms with E-state index in [1.807, 2.05) is 33.2 Å². The van der Waals surface area contributed by atoms with Gasteiger partial charge in [0.1, 0.15) is 0 Å². The Bertz CT molecular complexity index is 711. The number of rotatable bonds is 5. The Morgan fingerprint density at radius 1 is 1.24 bits per heavy atom. The lowest BCUT2D eigenvalue weighted by molar-refractivity contribution is 0.573. The van der Waals surface area contributed by atoms with Gasteiger partial charge < -0.3 is 5.32 Å². The fourth-order valence-corrected chi connectivity index (χ4v) is 5.08. The molecule has 0 aliphatic rings. The molecule has 0 bridgehead atoms. The number of sulfonamides is 1. The zero-order chi connectivity index (χ0) is 15.7. The number of hydrogen-bond acceptors (Lipinski definition) is 6. The highest BCUT2D eigenvalue weighted by Gasteiger charge is 2.21. The molecule has 0 unspecified atom stereocenters. The van der Waals surface area contributed by atoms with E-state index in [-0.39, 0.29) is 10.3 Å². The first-order valence-corrected chi connectivity index (χ1v) is 9.67. The third kappa shape index (κ3) is 4.03. The second-order valence-corrected chi connectivity index (χ2v) is 9.21. The monoisotopic (exact) mass is 345 g/mol. The molecular weight excluding hydrogens is 326 g/mol. The molecule has 2 N–H and O–H groups in total. The minimum atomic E-state index is -3.56. The third-order valence-electron chi connectivity index (χ3n) is 2.79. The molecule has 2 heterocycles. The van der Waals surface area contributed by atoms with Gasteiger partial charge in [-0.2, -0.15) is 0 Å². The minimum absolute atomic E-state index is 0.0947. The van der Waals surface area contributed by atoms with E-state index in [0.717, 1.165) is 10.6 Å². The number of thiophene rings is 1. The van der Waals surface area contributed by atoms with Gasteiger partial charge in [0.25, 0.3) is 10.0 Å². The molecule has 116 valence electrons. The van der Waals surface area contributed by atoms with Crippen LogP contribution < -0.4 is 10.0 Å². The summed E-state index contributed by atoms with van der Waals surface area (Å²) in [6, 6.07) is 1.68. The lowest BCUT2D eigenvalue weighted by atomic mass is 9.93. The van der Waals surface area contributed by atoms with Gasteiger partial charge in [0.2, 0.25) is 0 Å². The van der Waals surface area contributed by atoms with Crippen molar-refractivity contribution in [2.75, 3.05) is 11.8 Å². The van der Waals surface area contributed by atoms with E-state index in [0.29, 0.717) is 11.7 Å². The van der Waals surface area contributed by atoms with Crippen molar-refractivity contribution in [2.45, 2.75) is 37.6 Å². The van der Waals surface area contributed by atoms with Gasteiger partial charge in [-0.25, -0.2) is 13.4 Å². The molecule has 0 fully saturated rings. The van der Waals surface area contributed by atoms with Crippen molar-refractivity contribution in [1.82, 2.24) is 10.3 Å². The highest BCUT2D eigenvalue weighted by atomic mass is 32.2. The van der Waals surface area contributed by atoms with Crippen LogP contribution in [0.1, 0.15) is 31.3 Å². The van der Waals surface area contributed by atoms with Crippen LogP contribution in [0.5, 0.6) is 0 Å². The molecule has 2 aromatic heterocycles. The van der Waals surface area contributed by atoms with Crippen molar-refractivity contribution < 1.29 is 8.42 Å². The number of aromatic nitrogens is 1. The first-order chi connectivity index (χ1) is 9.72. The van der Waals surface area contributed by atoms with E-state index < -0.39 is 10.0 Å². The minimum Gasteiger partial charge on any atom is -0.315 e. The van der Waals surface area contributed by atoms with Gasteiger partial charge in [-0.3, -0.25) is 4.72 Å². The maximum Gasteiger partial charge on any atom is 0.264 e.